The zero-order chi connectivity index (χ0) is 16.8. The molecule has 2 N–H and O–H groups in total. The van der Waals surface area contributed by atoms with Crippen LogP contribution in [0.15, 0.2) is 54.7 Å². The molecular weight excluding hydrogens is 322 g/mol. The smallest absolute Gasteiger partial charge is 0.249 e. The van der Waals surface area contributed by atoms with Gasteiger partial charge in [0.2, 0.25) is 5.95 Å². The normalized spacial score (nSPS) is 10.4. The summed E-state index contributed by atoms with van der Waals surface area (Å²) in [6.45, 7) is 2.80. The molecule has 0 bridgehead atoms. The first-order chi connectivity index (χ1) is 11.7. The Morgan fingerprint density at radius 2 is 1.75 bits per heavy atom. The van der Waals surface area contributed by atoms with E-state index in [9.17, 15) is 0 Å². The monoisotopic (exact) mass is 339 g/mol. The minimum Gasteiger partial charge on any atom is -0.368 e. The van der Waals surface area contributed by atoms with Crippen LogP contribution in [-0.4, -0.2) is 21.7 Å². The molecule has 0 saturated heterocycles. The van der Waals surface area contributed by atoms with Crippen molar-refractivity contribution in [2.24, 2.45) is 0 Å². The second-order valence-electron chi connectivity index (χ2n) is 5.46. The SMILES string of the molecule is Cc1ccc(Nc2nncc(NCCc3ccc(Cl)cc3)n2)cc1. The third-order valence-corrected chi connectivity index (χ3v) is 3.75. The van der Waals surface area contributed by atoms with Gasteiger partial charge in [-0.3, -0.25) is 0 Å². The molecule has 6 heteroatoms. The highest BCUT2D eigenvalue weighted by Gasteiger charge is 2.01. The predicted molar refractivity (Wildman–Crippen MR) is 97.9 cm³/mol. The Morgan fingerprint density at radius 3 is 2.50 bits per heavy atom. The number of rotatable bonds is 6. The van der Waals surface area contributed by atoms with Gasteiger partial charge in [0, 0.05) is 17.3 Å². The topological polar surface area (TPSA) is 62.7 Å². The highest BCUT2D eigenvalue weighted by molar-refractivity contribution is 6.30. The van der Waals surface area contributed by atoms with Crippen molar-refractivity contribution < 1.29 is 0 Å². The Bertz CT molecular complexity index is 787. The van der Waals surface area contributed by atoms with Crippen molar-refractivity contribution in [1.29, 1.82) is 0 Å². The van der Waals surface area contributed by atoms with Crippen LogP contribution in [-0.2, 0) is 6.42 Å². The number of benzene rings is 2. The minimum atomic E-state index is 0.468. The molecule has 3 aromatic rings. The van der Waals surface area contributed by atoms with Gasteiger partial charge < -0.3 is 10.6 Å². The number of hydrogen-bond acceptors (Lipinski definition) is 5. The van der Waals surface area contributed by atoms with Gasteiger partial charge in [-0.05, 0) is 43.2 Å². The van der Waals surface area contributed by atoms with Gasteiger partial charge in [0.1, 0.15) is 0 Å². The van der Waals surface area contributed by atoms with Gasteiger partial charge in [0.05, 0.1) is 6.20 Å². The van der Waals surface area contributed by atoms with E-state index in [2.05, 4.69) is 25.8 Å². The van der Waals surface area contributed by atoms with Crippen molar-refractivity contribution in [1.82, 2.24) is 15.2 Å². The van der Waals surface area contributed by atoms with E-state index in [1.54, 1.807) is 6.20 Å². The maximum absolute atomic E-state index is 5.89. The fraction of sp³-hybridized carbons (Fsp3) is 0.167. The van der Waals surface area contributed by atoms with E-state index in [1.807, 2.05) is 55.5 Å². The molecular formula is C18H18ClN5. The van der Waals surface area contributed by atoms with Crippen molar-refractivity contribution in [3.8, 4) is 0 Å². The third kappa shape index (κ3) is 4.67. The molecule has 0 amide bonds. The van der Waals surface area contributed by atoms with Crippen LogP contribution in [0.2, 0.25) is 5.02 Å². The molecule has 122 valence electrons. The average molecular weight is 340 g/mol. The number of aromatic nitrogens is 3. The van der Waals surface area contributed by atoms with Gasteiger partial charge in [0.15, 0.2) is 5.82 Å². The van der Waals surface area contributed by atoms with Crippen LogP contribution in [0.3, 0.4) is 0 Å². The number of hydrogen-bond donors (Lipinski definition) is 2. The lowest BCUT2D eigenvalue weighted by molar-refractivity contribution is 0.950. The third-order valence-electron chi connectivity index (χ3n) is 3.50. The zero-order valence-electron chi connectivity index (χ0n) is 13.3. The zero-order valence-corrected chi connectivity index (χ0v) is 14.1. The van der Waals surface area contributed by atoms with E-state index < -0.39 is 0 Å². The van der Waals surface area contributed by atoms with E-state index in [4.69, 9.17) is 11.6 Å². The summed E-state index contributed by atoms with van der Waals surface area (Å²) < 4.78 is 0. The average Bonchev–Trinajstić information content (AvgIpc) is 2.59. The van der Waals surface area contributed by atoms with Crippen molar-refractivity contribution >= 4 is 29.1 Å². The molecule has 1 aromatic heterocycles. The summed E-state index contributed by atoms with van der Waals surface area (Å²) in [5, 5.41) is 15.1. The largest absolute Gasteiger partial charge is 0.368 e. The Morgan fingerprint density at radius 1 is 1.00 bits per heavy atom. The molecule has 1 heterocycles. The summed E-state index contributed by atoms with van der Waals surface area (Å²) >= 11 is 5.89. The first kappa shape index (κ1) is 16.2. The number of nitrogens with one attached hydrogen (secondary N) is 2. The molecule has 3 rings (SSSR count). The Kier molecular flexibility index (Phi) is 5.23. The van der Waals surface area contributed by atoms with Crippen molar-refractivity contribution in [3.05, 3.63) is 70.9 Å². The van der Waals surface area contributed by atoms with Gasteiger partial charge in [-0.25, -0.2) is 0 Å². The molecule has 0 radical (unpaired) electrons. The highest BCUT2D eigenvalue weighted by Crippen LogP contribution is 2.14. The van der Waals surface area contributed by atoms with Crippen LogP contribution in [0.4, 0.5) is 17.5 Å². The first-order valence-electron chi connectivity index (χ1n) is 7.71. The lowest BCUT2D eigenvalue weighted by Crippen LogP contribution is -2.08. The van der Waals surface area contributed by atoms with Crippen LogP contribution in [0, 0.1) is 6.92 Å². The summed E-state index contributed by atoms with van der Waals surface area (Å²) in [5.74, 6) is 1.16. The molecule has 24 heavy (non-hydrogen) atoms. The van der Waals surface area contributed by atoms with E-state index in [-0.39, 0.29) is 0 Å². The van der Waals surface area contributed by atoms with Crippen molar-refractivity contribution in [2.45, 2.75) is 13.3 Å². The lowest BCUT2D eigenvalue weighted by atomic mass is 10.1. The molecule has 2 aromatic carbocycles. The van der Waals surface area contributed by atoms with Gasteiger partial charge in [0.25, 0.3) is 0 Å². The van der Waals surface area contributed by atoms with Gasteiger partial charge in [-0.1, -0.05) is 41.4 Å². The van der Waals surface area contributed by atoms with E-state index >= 15 is 0 Å². The Hall–Kier alpha value is -2.66. The summed E-state index contributed by atoms with van der Waals surface area (Å²) in [6, 6.07) is 15.9. The Balaban J connectivity index is 1.56. The highest BCUT2D eigenvalue weighted by atomic mass is 35.5. The number of halogens is 1. The molecule has 0 atom stereocenters. The molecule has 0 saturated carbocycles. The molecule has 0 fully saturated rings. The van der Waals surface area contributed by atoms with Crippen LogP contribution in [0.5, 0.6) is 0 Å². The fourth-order valence-electron chi connectivity index (χ4n) is 2.19. The molecule has 0 aliphatic heterocycles. The van der Waals surface area contributed by atoms with Gasteiger partial charge in [-0.15, -0.1) is 5.10 Å². The minimum absolute atomic E-state index is 0.468. The Labute approximate surface area is 146 Å². The second-order valence-corrected chi connectivity index (χ2v) is 5.90. The molecule has 0 spiro atoms. The van der Waals surface area contributed by atoms with Gasteiger partial charge in [-0.2, -0.15) is 10.1 Å². The van der Waals surface area contributed by atoms with E-state index in [1.165, 1.54) is 11.1 Å². The van der Waals surface area contributed by atoms with Gasteiger partial charge >= 0.3 is 0 Å². The van der Waals surface area contributed by atoms with Crippen LogP contribution >= 0.6 is 11.6 Å². The van der Waals surface area contributed by atoms with Crippen LogP contribution < -0.4 is 10.6 Å². The number of nitrogens with zero attached hydrogens (tertiary/aromatic N) is 3. The fourth-order valence-corrected chi connectivity index (χ4v) is 2.32. The van der Waals surface area contributed by atoms with Crippen LogP contribution in [0.1, 0.15) is 11.1 Å². The summed E-state index contributed by atoms with van der Waals surface area (Å²) in [4.78, 5) is 4.42. The van der Waals surface area contributed by atoms with E-state index in [0.29, 0.717) is 11.8 Å². The summed E-state index contributed by atoms with van der Waals surface area (Å²) in [7, 11) is 0. The number of aryl methyl sites for hydroxylation is 1. The van der Waals surface area contributed by atoms with Crippen LogP contribution in [0.25, 0.3) is 0 Å². The maximum Gasteiger partial charge on any atom is 0.249 e. The summed E-state index contributed by atoms with van der Waals surface area (Å²) in [6.07, 6.45) is 2.49. The van der Waals surface area contributed by atoms with Crippen molar-refractivity contribution in [3.63, 3.8) is 0 Å². The molecule has 5 nitrogen and oxygen atoms in total. The standard InChI is InChI=1S/C18H18ClN5/c1-13-2-8-16(9-3-13)22-18-23-17(12-21-24-18)20-11-10-14-4-6-15(19)7-5-14/h2-9,12H,10-11H2,1H3,(H2,20,22,23,24). The second kappa shape index (κ2) is 7.75. The molecule has 0 aliphatic carbocycles. The summed E-state index contributed by atoms with van der Waals surface area (Å²) in [5.41, 5.74) is 3.35. The molecule has 0 unspecified atom stereocenters. The quantitative estimate of drug-likeness (QED) is 0.703. The number of anilines is 3. The molecule has 0 aliphatic rings. The van der Waals surface area contributed by atoms with Crippen molar-refractivity contribution in [2.75, 3.05) is 17.2 Å². The van der Waals surface area contributed by atoms with E-state index in [0.717, 1.165) is 23.7 Å². The maximum atomic E-state index is 5.89. The first-order valence-corrected chi connectivity index (χ1v) is 8.08. The lowest BCUT2D eigenvalue weighted by Gasteiger charge is -2.08. The predicted octanol–water partition coefficient (Wildman–Crippen LogP) is 4.23.